The van der Waals surface area contributed by atoms with Gasteiger partial charge in [-0.05, 0) is 12.8 Å². The van der Waals surface area contributed by atoms with Crippen LogP contribution in [0.2, 0.25) is 0 Å². The molecule has 1 rings (SSSR count). The van der Waals surface area contributed by atoms with Crippen LogP contribution in [0.5, 0.6) is 0 Å². The maximum Gasteiger partial charge on any atom is 0.173 e. The van der Waals surface area contributed by atoms with Crippen molar-refractivity contribution >= 4 is 12.0 Å². The number of hydrogen-bond donors (Lipinski definition) is 0. The Bertz CT molecular complexity index is 413. The van der Waals surface area contributed by atoms with Crippen LogP contribution >= 0.6 is 0 Å². The normalized spacial score (nSPS) is 11.9. The lowest BCUT2D eigenvalue weighted by Crippen LogP contribution is -2.39. The van der Waals surface area contributed by atoms with E-state index in [1.165, 1.54) is 5.56 Å². The molecule has 0 atom stereocenters. The monoisotopic (exact) mass is 262 g/mol. The molecule has 1 aromatic carbocycles. The van der Waals surface area contributed by atoms with Crippen molar-refractivity contribution in [2.75, 3.05) is 20.6 Å². The van der Waals surface area contributed by atoms with Crippen molar-refractivity contribution in [1.82, 2.24) is 0 Å². The maximum absolute atomic E-state index is 11.1. The van der Waals surface area contributed by atoms with Crippen LogP contribution < -0.4 is 0 Å². The minimum Gasteiger partial charge on any atom is -0.792 e. The standard InChI is InChI=1S/C15H22N2O2/c1-17(2,13-14-8-4-3-5-9-14)11-7-6-10-15(18)12-16-19/h3-5,8-9,12H,6-7,10-11,13H2,1-2H3. The van der Waals surface area contributed by atoms with Crippen LogP contribution in [0.4, 0.5) is 0 Å². The highest BCUT2D eigenvalue weighted by Crippen LogP contribution is 2.11. The van der Waals surface area contributed by atoms with Gasteiger partial charge in [0.1, 0.15) is 6.54 Å². The summed E-state index contributed by atoms with van der Waals surface area (Å²) in [6.07, 6.45) is 3.06. The highest BCUT2D eigenvalue weighted by molar-refractivity contribution is 6.27. The SMILES string of the molecule is C[N+](C)(CCCCC(=O)/C=N/[O-])Cc1ccccc1. The van der Waals surface area contributed by atoms with E-state index >= 15 is 0 Å². The zero-order valence-corrected chi connectivity index (χ0v) is 11.7. The summed E-state index contributed by atoms with van der Waals surface area (Å²) in [7, 11) is 4.38. The van der Waals surface area contributed by atoms with Crippen LogP contribution in [-0.4, -0.2) is 37.1 Å². The molecule has 0 unspecified atom stereocenters. The minimum absolute atomic E-state index is 0.177. The molecular weight excluding hydrogens is 240 g/mol. The third-order valence-corrected chi connectivity index (χ3v) is 3.09. The Balaban J connectivity index is 2.29. The lowest BCUT2D eigenvalue weighted by atomic mass is 10.1. The zero-order valence-electron chi connectivity index (χ0n) is 11.7. The van der Waals surface area contributed by atoms with Gasteiger partial charge in [-0.1, -0.05) is 30.3 Å². The summed E-state index contributed by atoms with van der Waals surface area (Å²) in [4.78, 5) is 11.1. The number of rotatable bonds is 8. The van der Waals surface area contributed by atoms with E-state index in [2.05, 4.69) is 43.5 Å². The summed E-state index contributed by atoms with van der Waals surface area (Å²) in [5, 5.41) is 12.4. The quantitative estimate of drug-likeness (QED) is 0.313. The van der Waals surface area contributed by atoms with Crippen molar-refractivity contribution in [3.8, 4) is 0 Å². The smallest absolute Gasteiger partial charge is 0.173 e. The van der Waals surface area contributed by atoms with Crippen molar-refractivity contribution in [3.05, 3.63) is 41.1 Å². The first kappa shape index (κ1) is 15.4. The fourth-order valence-electron chi connectivity index (χ4n) is 2.12. The van der Waals surface area contributed by atoms with Gasteiger partial charge in [-0.2, -0.15) is 0 Å². The zero-order chi connectivity index (χ0) is 14.1. The Morgan fingerprint density at radius 3 is 2.58 bits per heavy atom. The fourth-order valence-corrected chi connectivity index (χ4v) is 2.12. The van der Waals surface area contributed by atoms with Crippen molar-refractivity contribution < 1.29 is 9.28 Å². The van der Waals surface area contributed by atoms with Gasteiger partial charge in [0.05, 0.1) is 26.9 Å². The maximum atomic E-state index is 11.1. The molecule has 0 amide bonds. The lowest BCUT2D eigenvalue weighted by molar-refractivity contribution is -0.903. The largest absolute Gasteiger partial charge is 0.792 e. The second-order valence-electron chi connectivity index (χ2n) is 5.46. The predicted octanol–water partition coefficient (Wildman–Crippen LogP) is 2.57. The average Bonchev–Trinajstić information content (AvgIpc) is 2.36. The number of nitrogens with zero attached hydrogens (tertiary/aromatic N) is 2. The Kier molecular flexibility index (Phi) is 6.22. The van der Waals surface area contributed by atoms with Gasteiger partial charge in [0.2, 0.25) is 0 Å². The van der Waals surface area contributed by atoms with E-state index in [9.17, 15) is 10.0 Å². The molecule has 4 nitrogen and oxygen atoms in total. The molecule has 0 aliphatic carbocycles. The summed E-state index contributed by atoms with van der Waals surface area (Å²) in [6.45, 7) is 1.99. The number of quaternary nitrogens is 1. The van der Waals surface area contributed by atoms with Crippen molar-refractivity contribution in [1.29, 1.82) is 0 Å². The van der Waals surface area contributed by atoms with E-state index in [0.717, 1.165) is 36.6 Å². The molecule has 0 radical (unpaired) electrons. The summed E-state index contributed by atoms with van der Waals surface area (Å²) < 4.78 is 0.897. The van der Waals surface area contributed by atoms with Gasteiger partial charge < -0.3 is 14.8 Å². The molecule has 0 aliphatic rings. The molecule has 0 spiro atoms. The van der Waals surface area contributed by atoms with Gasteiger partial charge in [-0.3, -0.25) is 4.79 Å². The highest BCUT2D eigenvalue weighted by atomic mass is 16.4. The number of hydrogen-bond acceptors (Lipinski definition) is 3. The molecule has 0 bridgehead atoms. The summed E-state index contributed by atoms with van der Waals surface area (Å²) in [5.74, 6) is -0.177. The van der Waals surface area contributed by atoms with Gasteiger partial charge in [0.25, 0.3) is 0 Å². The number of carbonyl (C=O) groups excluding carboxylic acids is 1. The molecule has 0 saturated heterocycles. The Morgan fingerprint density at radius 1 is 1.26 bits per heavy atom. The van der Waals surface area contributed by atoms with Crippen molar-refractivity contribution in [2.45, 2.75) is 25.8 Å². The number of Topliss-reactive ketones (excluding diaryl/α,β-unsaturated/α-hetero) is 1. The molecule has 4 heteroatoms. The summed E-state index contributed by atoms with van der Waals surface area (Å²) in [6, 6.07) is 10.4. The van der Waals surface area contributed by atoms with E-state index < -0.39 is 0 Å². The van der Waals surface area contributed by atoms with Gasteiger partial charge in [0, 0.05) is 12.0 Å². The van der Waals surface area contributed by atoms with E-state index in [1.807, 2.05) is 6.07 Å². The highest BCUT2D eigenvalue weighted by Gasteiger charge is 2.15. The van der Waals surface area contributed by atoms with E-state index in [-0.39, 0.29) is 5.78 Å². The second-order valence-corrected chi connectivity index (χ2v) is 5.46. The molecule has 0 N–H and O–H groups in total. The van der Waals surface area contributed by atoms with Gasteiger partial charge >= 0.3 is 0 Å². The molecule has 104 valence electrons. The topological polar surface area (TPSA) is 52.5 Å². The Hall–Kier alpha value is -1.68. The van der Waals surface area contributed by atoms with Crippen LogP contribution in [0.25, 0.3) is 0 Å². The first-order chi connectivity index (χ1) is 9.03. The summed E-state index contributed by atoms with van der Waals surface area (Å²) >= 11 is 0. The van der Waals surface area contributed by atoms with Crippen LogP contribution in [0.15, 0.2) is 35.5 Å². The molecule has 0 heterocycles. The predicted molar refractivity (Wildman–Crippen MR) is 77.8 cm³/mol. The van der Waals surface area contributed by atoms with E-state index in [0.29, 0.717) is 6.42 Å². The molecule has 0 aliphatic heterocycles. The third kappa shape index (κ3) is 6.72. The lowest BCUT2D eigenvalue weighted by Gasteiger charge is -2.30. The number of ketones is 1. The first-order valence-corrected chi connectivity index (χ1v) is 6.58. The van der Waals surface area contributed by atoms with Crippen molar-refractivity contribution in [2.24, 2.45) is 5.16 Å². The number of unbranched alkanes of at least 4 members (excludes halogenated alkanes) is 1. The fraction of sp³-hybridized carbons (Fsp3) is 0.467. The van der Waals surface area contributed by atoms with Gasteiger partial charge in [-0.25, -0.2) is 0 Å². The van der Waals surface area contributed by atoms with Crippen LogP contribution in [0.3, 0.4) is 0 Å². The number of carbonyl (C=O) groups is 1. The average molecular weight is 262 g/mol. The second kappa shape index (κ2) is 7.69. The van der Waals surface area contributed by atoms with Gasteiger partial charge in [-0.15, -0.1) is 0 Å². The van der Waals surface area contributed by atoms with Crippen LogP contribution in [0.1, 0.15) is 24.8 Å². The molecule has 0 saturated carbocycles. The Morgan fingerprint density at radius 2 is 1.95 bits per heavy atom. The molecule has 0 fully saturated rings. The van der Waals surface area contributed by atoms with E-state index in [1.54, 1.807) is 0 Å². The first-order valence-electron chi connectivity index (χ1n) is 6.58. The van der Waals surface area contributed by atoms with Crippen molar-refractivity contribution in [3.63, 3.8) is 0 Å². The summed E-state index contributed by atoms with van der Waals surface area (Å²) in [5.41, 5.74) is 1.32. The molecule has 19 heavy (non-hydrogen) atoms. The van der Waals surface area contributed by atoms with Crippen LogP contribution in [0, 0.1) is 5.21 Å². The third-order valence-electron chi connectivity index (χ3n) is 3.09. The molecule has 1 aromatic rings. The number of benzene rings is 1. The van der Waals surface area contributed by atoms with Gasteiger partial charge in [0.15, 0.2) is 5.78 Å². The Labute approximate surface area is 114 Å². The van der Waals surface area contributed by atoms with E-state index in [4.69, 9.17) is 0 Å². The molecule has 0 aromatic heterocycles. The molecular formula is C15H22N2O2. The minimum atomic E-state index is -0.177. The van der Waals surface area contributed by atoms with Crippen LogP contribution in [-0.2, 0) is 11.3 Å².